The summed E-state index contributed by atoms with van der Waals surface area (Å²) < 4.78 is 6.91. The van der Waals surface area contributed by atoms with E-state index in [1.165, 1.54) is 34.1 Å². The van der Waals surface area contributed by atoms with Crippen LogP contribution >= 0.6 is 0 Å². The fourth-order valence-corrected chi connectivity index (χ4v) is 15.1. The minimum absolute atomic E-state index is 0.0652. The summed E-state index contributed by atoms with van der Waals surface area (Å²) in [7, 11) is 0. The number of amides is 6. The molecule has 0 fully saturated rings. The molecule has 6 amide bonds. The predicted octanol–water partition coefficient (Wildman–Crippen LogP) is 11.9. The number of nitrogens with zero attached hydrogens (tertiary/aromatic N) is 6. The van der Waals surface area contributed by atoms with Crippen molar-refractivity contribution in [1.29, 1.82) is 0 Å². The number of hydrogen-bond donors (Lipinski definition) is 8. The van der Waals surface area contributed by atoms with E-state index in [0.717, 1.165) is 43.1 Å². The lowest BCUT2D eigenvalue weighted by Gasteiger charge is -2.25. The van der Waals surface area contributed by atoms with E-state index >= 15 is 0 Å². The quantitative estimate of drug-likeness (QED) is 0.0186. The van der Waals surface area contributed by atoms with Gasteiger partial charge in [-0.25, -0.2) is 19.2 Å². The fraction of sp³-hybridized carbons (Fsp3) is 0.238. The number of para-hydroxylation sites is 8. The average Bonchev–Trinajstić information content (AvgIpc) is 1.63. The van der Waals surface area contributed by atoms with Crippen LogP contribution in [0.3, 0.4) is 0 Å². The standard InChI is InChI=1S/C84H80N10O14/c95-75(41-37-71(81(101)102)91-63-25-9-1-17-55(63)56-18-2-10-26-64(56)91)85-45-49-89(50-46-86-76(96)42-38-72(82(103)104)92-65-27-11-3-19-57(65)58-20-4-12-28-66(58)92)79(99)53-33-35-54(36-34-53)80(100)90(51-47-87-77(97)43-39-73(83(105)106)93-67-29-13-5-21-59(67)60-22-6-14-30-68(60)93)52-48-88-78(98)44-40-74(84(107)108)94-69-31-15-7-23-61(69)62-24-8-16-32-70(62)94/h1-36,71-74H,37-52H2,(H,85,95)(H,86,96)(H,87,97)(H,88,98)(H,101,102)(H,103,104)(H,105,106)(H,107,108)/t71-,72-,73-,74+/m0/s1. The minimum atomic E-state index is -1.12. The van der Waals surface area contributed by atoms with Crippen molar-refractivity contribution < 1.29 is 68.4 Å². The predicted molar refractivity (Wildman–Crippen MR) is 412 cm³/mol. The van der Waals surface area contributed by atoms with E-state index in [-0.39, 0.29) is 115 Å². The number of fused-ring (bicyclic) bond motifs is 12. The van der Waals surface area contributed by atoms with Crippen LogP contribution in [0, 0.1) is 0 Å². The Labute approximate surface area is 618 Å². The van der Waals surface area contributed by atoms with E-state index < -0.39 is 83.5 Å². The van der Waals surface area contributed by atoms with Crippen molar-refractivity contribution >= 4 is 147 Å². The Balaban J connectivity index is 0.695. The average molecular weight is 1450 g/mol. The summed E-state index contributed by atoms with van der Waals surface area (Å²) in [4.78, 5) is 139. The third-order valence-corrected chi connectivity index (χ3v) is 20.2. The first kappa shape index (κ1) is 73.2. The Morgan fingerprint density at radius 1 is 0.259 bits per heavy atom. The summed E-state index contributed by atoms with van der Waals surface area (Å²) in [5, 5.41) is 60.6. The number of rotatable bonds is 34. The maximum absolute atomic E-state index is 14.7. The number of aromatic nitrogens is 4. The monoisotopic (exact) mass is 1450 g/mol. The number of nitrogens with one attached hydrogen (secondary N) is 4. The third-order valence-electron chi connectivity index (χ3n) is 20.2. The van der Waals surface area contributed by atoms with Crippen LogP contribution in [-0.2, 0) is 38.4 Å². The Hall–Kier alpha value is -13.1. The molecule has 108 heavy (non-hydrogen) atoms. The first-order valence-electron chi connectivity index (χ1n) is 36.0. The van der Waals surface area contributed by atoms with Gasteiger partial charge in [0.2, 0.25) is 23.6 Å². The molecule has 0 spiro atoms. The Kier molecular flexibility index (Phi) is 22.3. The molecule has 550 valence electrons. The van der Waals surface area contributed by atoms with Crippen LogP contribution in [0.15, 0.2) is 218 Å². The zero-order valence-electron chi connectivity index (χ0n) is 59.0. The Morgan fingerprint density at radius 3 is 0.593 bits per heavy atom. The summed E-state index contributed by atoms with van der Waals surface area (Å²) in [6.45, 7) is -0.733. The lowest BCUT2D eigenvalue weighted by Crippen LogP contribution is -2.43. The van der Waals surface area contributed by atoms with Crippen LogP contribution in [0.1, 0.15) is 96.2 Å². The molecule has 13 aromatic rings. The largest absolute Gasteiger partial charge is 0.480 e. The zero-order valence-corrected chi connectivity index (χ0v) is 59.0. The molecule has 0 saturated heterocycles. The molecule has 24 heteroatoms. The van der Waals surface area contributed by atoms with Crippen LogP contribution in [0.4, 0.5) is 0 Å². The first-order valence-corrected chi connectivity index (χ1v) is 36.0. The highest BCUT2D eigenvalue weighted by Gasteiger charge is 2.31. The van der Waals surface area contributed by atoms with Crippen molar-refractivity contribution in [3.63, 3.8) is 0 Å². The molecular formula is C84H80N10O14. The summed E-state index contributed by atoms with van der Waals surface area (Å²) in [6, 6.07) is 60.9. The van der Waals surface area contributed by atoms with Gasteiger partial charge >= 0.3 is 23.9 Å². The van der Waals surface area contributed by atoms with E-state index in [0.29, 0.717) is 44.1 Å². The number of carbonyl (C=O) groups is 10. The SMILES string of the molecule is O=C(CC[C@H](C(=O)O)n1c2ccccc2c2ccccc21)NCCN(CCNC(=O)CC[C@@H](C(=O)O)n1c2ccccc2c2ccccc21)C(=O)c1ccc(C(=O)N(CCNC(=O)CC[C@@H](C(=O)O)n2c3ccccc3c3ccccc32)CCNC(=O)CC[C@@H](C(=O)O)n2c3ccccc3c3ccccc32)cc1. The number of carbonyl (C=O) groups excluding carboxylic acids is 6. The molecule has 4 aromatic heterocycles. The van der Waals surface area contributed by atoms with Gasteiger partial charge in [-0.1, -0.05) is 146 Å². The number of carboxylic acid groups (broad SMARTS) is 4. The van der Waals surface area contributed by atoms with Gasteiger partial charge in [0, 0.05) is 176 Å². The summed E-state index contributed by atoms with van der Waals surface area (Å²) in [5.74, 6) is -7.51. The number of benzene rings is 9. The molecule has 4 atom stereocenters. The number of aliphatic carboxylic acids is 4. The molecule has 0 aliphatic rings. The van der Waals surface area contributed by atoms with Gasteiger partial charge < -0.3 is 69.8 Å². The lowest BCUT2D eigenvalue weighted by molar-refractivity contribution is -0.142. The highest BCUT2D eigenvalue weighted by molar-refractivity contribution is 6.12. The van der Waals surface area contributed by atoms with Crippen molar-refractivity contribution in [3.8, 4) is 0 Å². The van der Waals surface area contributed by atoms with Crippen molar-refractivity contribution in [2.45, 2.75) is 75.5 Å². The topological polar surface area (TPSA) is 326 Å². The van der Waals surface area contributed by atoms with Crippen molar-refractivity contribution in [2.24, 2.45) is 0 Å². The molecule has 8 N–H and O–H groups in total. The molecule has 0 radical (unpaired) electrons. The van der Waals surface area contributed by atoms with Gasteiger partial charge in [-0.05, 0) is 98.5 Å². The Morgan fingerprint density at radius 2 is 0.426 bits per heavy atom. The highest BCUT2D eigenvalue weighted by atomic mass is 16.4. The Bertz CT molecular complexity index is 4760. The van der Waals surface area contributed by atoms with Crippen molar-refractivity contribution in [1.82, 2.24) is 49.3 Å². The molecule has 9 aromatic carbocycles. The number of carboxylic acids is 4. The normalized spacial score (nSPS) is 12.7. The van der Waals surface area contributed by atoms with E-state index in [2.05, 4.69) is 21.3 Å². The zero-order chi connectivity index (χ0) is 75.5. The highest BCUT2D eigenvalue weighted by Crippen LogP contribution is 2.38. The van der Waals surface area contributed by atoms with Gasteiger partial charge in [0.25, 0.3) is 11.8 Å². The molecule has 13 rings (SSSR count). The molecule has 0 aliphatic carbocycles. The lowest BCUT2D eigenvalue weighted by atomic mass is 10.1. The smallest absolute Gasteiger partial charge is 0.326 e. The maximum Gasteiger partial charge on any atom is 0.326 e. The fourth-order valence-electron chi connectivity index (χ4n) is 15.1. The first-order chi connectivity index (χ1) is 52.4. The molecule has 0 unspecified atom stereocenters. The molecule has 4 heterocycles. The van der Waals surface area contributed by atoms with Gasteiger partial charge in [-0.15, -0.1) is 0 Å². The van der Waals surface area contributed by atoms with E-state index in [9.17, 15) is 68.4 Å². The molecule has 24 nitrogen and oxygen atoms in total. The second-order valence-electron chi connectivity index (χ2n) is 26.7. The van der Waals surface area contributed by atoms with Gasteiger partial charge in [0.15, 0.2) is 0 Å². The van der Waals surface area contributed by atoms with Crippen molar-refractivity contribution in [2.75, 3.05) is 52.4 Å². The summed E-state index contributed by atoms with van der Waals surface area (Å²) in [5.41, 5.74) is 5.83. The number of hydrogen-bond acceptors (Lipinski definition) is 10. The molecule has 0 aliphatic heterocycles. The molecular weight excluding hydrogens is 1370 g/mol. The minimum Gasteiger partial charge on any atom is -0.480 e. The maximum atomic E-state index is 14.7. The van der Waals surface area contributed by atoms with Crippen molar-refractivity contribution in [3.05, 3.63) is 230 Å². The van der Waals surface area contributed by atoms with E-state index in [1.54, 1.807) is 18.3 Å². The van der Waals surface area contributed by atoms with Gasteiger partial charge in [-0.3, -0.25) is 28.8 Å². The van der Waals surface area contributed by atoms with Gasteiger partial charge in [0.05, 0.1) is 0 Å². The van der Waals surface area contributed by atoms with Crippen LogP contribution in [-0.4, -0.2) is 160 Å². The third kappa shape index (κ3) is 15.5. The van der Waals surface area contributed by atoms with Gasteiger partial charge in [0.1, 0.15) is 24.2 Å². The van der Waals surface area contributed by atoms with Crippen LogP contribution < -0.4 is 21.3 Å². The summed E-state index contributed by atoms with van der Waals surface area (Å²) >= 11 is 0. The second kappa shape index (κ2) is 32.9. The molecule has 0 bridgehead atoms. The van der Waals surface area contributed by atoms with E-state index in [4.69, 9.17) is 0 Å². The van der Waals surface area contributed by atoms with Gasteiger partial charge in [-0.2, -0.15) is 0 Å². The van der Waals surface area contributed by atoms with Crippen LogP contribution in [0.5, 0.6) is 0 Å². The van der Waals surface area contributed by atoms with Crippen LogP contribution in [0.25, 0.3) is 87.2 Å². The van der Waals surface area contributed by atoms with E-state index in [1.807, 2.05) is 194 Å². The van der Waals surface area contributed by atoms with Crippen LogP contribution in [0.2, 0.25) is 0 Å². The second-order valence-corrected chi connectivity index (χ2v) is 26.7. The molecule has 0 saturated carbocycles. The summed E-state index contributed by atoms with van der Waals surface area (Å²) in [6.07, 6.45) is -1.01.